The van der Waals surface area contributed by atoms with Crippen molar-refractivity contribution in [2.24, 2.45) is 28.4 Å². The monoisotopic (exact) mass is 617 g/mol. The van der Waals surface area contributed by atoms with Gasteiger partial charge in [-0.2, -0.15) is 5.10 Å². The van der Waals surface area contributed by atoms with Gasteiger partial charge in [0.25, 0.3) is 0 Å². The van der Waals surface area contributed by atoms with Gasteiger partial charge in [0, 0.05) is 37.2 Å². The Kier molecular flexibility index (Phi) is 10.3. The number of carbonyl (C=O) groups excluding carboxylic acids is 4. The third-order valence-electron chi connectivity index (χ3n) is 9.20. The number of rotatable bonds is 10. The molecule has 5 amide bonds. The van der Waals surface area contributed by atoms with Gasteiger partial charge in [0.2, 0.25) is 11.8 Å². The molecule has 2 aromatic carbocycles. The fraction of sp³-hybridized carbons (Fsp3) is 0.485. The summed E-state index contributed by atoms with van der Waals surface area (Å²) in [5.74, 6) is -0.494. The summed E-state index contributed by atoms with van der Waals surface area (Å²) in [5.41, 5.74) is 18.5. The number of urea groups is 1. The maximum Gasteiger partial charge on any atom is 0.410 e. The summed E-state index contributed by atoms with van der Waals surface area (Å²) < 4.78 is 5.81. The quantitative estimate of drug-likeness (QED) is 0.202. The minimum absolute atomic E-state index is 0.0770. The smallest absolute Gasteiger partial charge is 0.410 e. The molecule has 0 aromatic heterocycles. The molecule has 12 nitrogen and oxygen atoms in total. The molecule has 3 aliphatic rings. The molecule has 0 unspecified atom stereocenters. The predicted octanol–water partition coefficient (Wildman–Crippen LogP) is 2.81. The van der Waals surface area contributed by atoms with Gasteiger partial charge in [-0.05, 0) is 66.7 Å². The van der Waals surface area contributed by atoms with Crippen LogP contribution in [0.5, 0.6) is 0 Å². The molecule has 12 heteroatoms. The van der Waals surface area contributed by atoms with Gasteiger partial charge in [-0.3, -0.25) is 14.5 Å². The number of ether oxygens (including phenoxy) is 1. The second-order valence-electron chi connectivity index (χ2n) is 12.2. The average molecular weight is 618 g/mol. The fourth-order valence-corrected chi connectivity index (χ4v) is 6.63. The van der Waals surface area contributed by atoms with Crippen molar-refractivity contribution in [2.45, 2.75) is 69.5 Å². The van der Waals surface area contributed by atoms with E-state index in [4.69, 9.17) is 16.2 Å². The van der Waals surface area contributed by atoms with E-state index in [9.17, 15) is 19.2 Å². The maximum absolute atomic E-state index is 13.3. The summed E-state index contributed by atoms with van der Waals surface area (Å²) in [6, 6.07) is 14.2. The molecule has 1 aliphatic heterocycles. The van der Waals surface area contributed by atoms with E-state index in [2.05, 4.69) is 45.4 Å². The van der Waals surface area contributed by atoms with Crippen LogP contribution in [0.25, 0.3) is 11.1 Å². The molecule has 3 atom stereocenters. The molecule has 1 saturated carbocycles. The average Bonchev–Trinajstić information content (AvgIpc) is 3.60. The first-order chi connectivity index (χ1) is 21.7. The molecule has 1 heterocycles. The molecule has 45 heavy (non-hydrogen) atoms. The molecule has 240 valence electrons. The number of likely N-dealkylation sites (tertiary alicyclic amines) is 1. The van der Waals surface area contributed by atoms with Crippen molar-refractivity contribution in [3.05, 3.63) is 59.7 Å². The predicted molar refractivity (Wildman–Crippen MR) is 170 cm³/mol. The minimum Gasteiger partial charge on any atom is -0.448 e. The van der Waals surface area contributed by atoms with Gasteiger partial charge in [-0.25, -0.2) is 15.0 Å². The number of nitrogens with one attached hydrogen (secondary N) is 3. The molecule has 0 radical (unpaired) electrons. The van der Waals surface area contributed by atoms with E-state index in [1.807, 2.05) is 31.2 Å². The molecule has 1 saturated heterocycles. The van der Waals surface area contributed by atoms with Crippen LogP contribution in [0.15, 0.2) is 53.6 Å². The number of nitrogens with two attached hydrogens (primary N) is 2. The molecule has 5 rings (SSSR count). The van der Waals surface area contributed by atoms with Crippen LogP contribution >= 0.6 is 0 Å². The van der Waals surface area contributed by atoms with Gasteiger partial charge in [-0.15, -0.1) is 0 Å². The van der Waals surface area contributed by atoms with Gasteiger partial charge in [0.1, 0.15) is 12.6 Å². The number of hydrogen-bond acceptors (Lipinski definition) is 7. The van der Waals surface area contributed by atoms with E-state index < -0.39 is 24.2 Å². The zero-order chi connectivity index (χ0) is 31.9. The topological polar surface area (TPSA) is 181 Å². The first-order valence-corrected chi connectivity index (χ1v) is 15.8. The molecule has 7 N–H and O–H groups in total. The summed E-state index contributed by atoms with van der Waals surface area (Å²) in [6.07, 6.45) is 4.86. The SMILES string of the molecule is CC[C@@H](/C=N/NC(=O)NCC1CCC(C(N)=O)CC1)NC(=O)[C@@H]1C[C@@H](N)CN1C(=O)OCC1c2ccccc2-c2ccccc21. The van der Waals surface area contributed by atoms with Crippen LogP contribution in [0.4, 0.5) is 9.59 Å². The Morgan fingerprint density at radius 1 is 1.02 bits per heavy atom. The number of hydrazone groups is 1. The first-order valence-electron chi connectivity index (χ1n) is 15.8. The third kappa shape index (κ3) is 7.62. The van der Waals surface area contributed by atoms with Gasteiger partial charge in [0.05, 0.1) is 6.04 Å². The van der Waals surface area contributed by atoms with Crippen molar-refractivity contribution in [2.75, 3.05) is 19.7 Å². The van der Waals surface area contributed by atoms with Gasteiger partial charge >= 0.3 is 12.1 Å². The Bertz CT molecular complexity index is 1380. The van der Waals surface area contributed by atoms with Crippen LogP contribution in [-0.4, -0.2) is 72.9 Å². The van der Waals surface area contributed by atoms with Gasteiger partial charge in [0.15, 0.2) is 0 Å². The lowest BCUT2D eigenvalue weighted by molar-refractivity contribution is -0.125. The van der Waals surface area contributed by atoms with Crippen LogP contribution in [0, 0.1) is 11.8 Å². The van der Waals surface area contributed by atoms with E-state index in [-0.39, 0.29) is 48.8 Å². The van der Waals surface area contributed by atoms with Crippen molar-refractivity contribution in [3.8, 4) is 11.1 Å². The van der Waals surface area contributed by atoms with Crippen molar-refractivity contribution < 1.29 is 23.9 Å². The molecule has 0 bridgehead atoms. The highest BCUT2D eigenvalue weighted by atomic mass is 16.6. The van der Waals surface area contributed by atoms with Crippen LogP contribution in [-0.2, 0) is 14.3 Å². The Labute approximate surface area is 263 Å². The Morgan fingerprint density at radius 2 is 1.67 bits per heavy atom. The molecule has 2 aromatic rings. The highest BCUT2D eigenvalue weighted by Crippen LogP contribution is 2.44. The second-order valence-corrected chi connectivity index (χ2v) is 12.2. The maximum atomic E-state index is 13.3. The van der Waals surface area contributed by atoms with Crippen LogP contribution in [0.2, 0.25) is 0 Å². The van der Waals surface area contributed by atoms with E-state index in [1.54, 1.807) is 0 Å². The molecule has 2 aliphatic carbocycles. The molecular weight excluding hydrogens is 574 g/mol. The third-order valence-corrected chi connectivity index (χ3v) is 9.20. The Balaban J connectivity index is 1.10. The summed E-state index contributed by atoms with van der Waals surface area (Å²) in [6.45, 7) is 2.72. The normalized spacial score (nSPS) is 23.2. The molecule has 0 spiro atoms. The number of benzene rings is 2. The van der Waals surface area contributed by atoms with Crippen LogP contribution < -0.4 is 27.5 Å². The largest absolute Gasteiger partial charge is 0.448 e. The minimum atomic E-state index is -0.779. The summed E-state index contributed by atoms with van der Waals surface area (Å²) in [7, 11) is 0. The zero-order valence-corrected chi connectivity index (χ0v) is 25.6. The fourth-order valence-electron chi connectivity index (χ4n) is 6.63. The highest BCUT2D eigenvalue weighted by molar-refractivity contribution is 5.89. The van der Waals surface area contributed by atoms with E-state index in [1.165, 1.54) is 11.1 Å². The number of amides is 5. The summed E-state index contributed by atoms with van der Waals surface area (Å²) in [5, 5.41) is 9.71. The van der Waals surface area contributed by atoms with E-state index >= 15 is 0 Å². The second kappa shape index (κ2) is 14.6. The molecular formula is C33H43N7O5. The van der Waals surface area contributed by atoms with Gasteiger partial charge < -0.3 is 26.8 Å². The first kappa shape index (κ1) is 32.0. The molecule has 2 fully saturated rings. The van der Waals surface area contributed by atoms with E-state index in [0.717, 1.165) is 47.9 Å². The van der Waals surface area contributed by atoms with Crippen LogP contribution in [0.3, 0.4) is 0 Å². The van der Waals surface area contributed by atoms with Crippen LogP contribution in [0.1, 0.15) is 62.5 Å². The lowest BCUT2D eigenvalue weighted by Gasteiger charge is -2.26. The lowest BCUT2D eigenvalue weighted by atomic mass is 9.82. The van der Waals surface area contributed by atoms with Crippen molar-refractivity contribution in [3.63, 3.8) is 0 Å². The number of hydrogen-bond donors (Lipinski definition) is 5. The zero-order valence-electron chi connectivity index (χ0n) is 25.6. The van der Waals surface area contributed by atoms with Crippen molar-refractivity contribution in [1.29, 1.82) is 0 Å². The highest BCUT2D eigenvalue weighted by Gasteiger charge is 2.40. The van der Waals surface area contributed by atoms with Gasteiger partial charge in [-0.1, -0.05) is 55.5 Å². The Morgan fingerprint density at radius 3 is 2.29 bits per heavy atom. The standard InChI is InChI=1S/C33H43N7O5/c1-2-23(17-37-39-32(43)36-16-20-11-13-21(14-12-20)30(35)41)38-31(42)29-15-22(34)18-40(29)33(44)45-19-28-26-9-5-3-7-24(26)25-8-4-6-10-27(25)28/h3-10,17,20-23,28-29H,2,11-16,18-19,34H2,1H3,(H2,35,41)(H,38,42)(H2,36,39,43)/b37-17+/t20?,21?,22-,23+,29+/m1/s1. The lowest BCUT2D eigenvalue weighted by Crippen LogP contribution is -2.49. The summed E-state index contributed by atoms with van der Waals surface area (Å²) in [4.78, 5) is 51.6. The number of nitrogens with zero attached hydrogens (tertiary/aromatic N) is 2. The summed E-state index contributed by atoms with van der Waals surface area (Å²) >= 11 is 0. The number of primary amides is 1. The van der Waals surface area contributed by atoms with Crippen molar-refractivity contribution in [1.82, 2.24) is 21.0 Å². The number of fused-ring (bicyclic) bond motifs is 3. The van der Waals surface area contributed by atoms with Crippen molar-refractivity contribution >= 4 is 30.2 Å². The van der Waals surface area contributed by atoms with E-state index in [0.29, 0.717) is 19.4 Å². The Hall–Kier alpha value is -4.45. The number of carbonyl (C=O) groups is 4.